The van der Waals surface area contributed by atoms with Crippen LogP contribution in [-0.4, -0.2) is 22.7 Å². The Bertz CT molecular complexity index is 506. The standard InChI is InChI=1S/C10H9NO3S/c1-6-11-8-4-7(14-5-10(12)13)2-3-9(8)15-6/h2-4H,5H2,1H3,(H,12,13). The van der Waals surface area contributed by atoms with Crippen molar-refractivity contribution in [1.82, 2.24) is 4.98 Å². The molecule has 2 rings (SSSR count). The second-order valence-electron chi connectivity index (χ2n) is 3.04. The second-order valence-corrected chi connectivity index (χ2v) is 4.28. The topological polar surface area (TPSA) is 59.4 Å². The molecule has 5 heteroatoms. The summed E-state index contributed by atoms with van der Waals surface area (Å²) in [6, 6.07) is 5.39. The minimum Gasteiger partial charge on any atom is -0.482 e. The number of carbonyl (C=O) groups is 1. The van der Waals surface area contributed by atoms with Gasteiger partial charge in [0.05, 0.1) is 15.2 Å². The van der Waals surface area contributed by atoms with E-state index in [1.54, 1.807) is 23.5 Å². The number of aryl methyl sites for hydroxylation is 1. The third kappa shape index (κ3) is 2.24. The van der Waals surface area contributed by atoms with Gasteiger partial charge in [0.2, 0.25) is 0 Å². The van der Waals surface area contributed by atoms with Gasteiger partial charge in [-0.25, -0.2) is 9.78 Å². The minimum absolute atomic E-state index is 0.325. The zero-order valence-electron chi connectivity index (χ0n) is 8.06. The van der Waals surface area contributed by atoms with Crippen LogP contribution in [0.15, 0.2) is 18.2 Å². The lowest BCUT2D eigenvalue weighted by Gasteiger charge is -2.01. The lowest BCUT2D eigenvalue weighted by atomic mass is 10.3. The average Bonchev–Trinajstić information content (AvgIpc) is 2.53. The number of ether oxygens (including phenoxy) is 1. The van der Waals surface area contributed by atoms with Crippen molar-refractivity contribution in [2.24, 2.45) is 0 Å². The summed E-state index contributed by atoms with van der Waals surface area (Å²) in [7, 11) is 0. The summed E-state index contributed by atoms with van der Waals surface area (Å²) in [6.07, 6.45) is 0. The Hall–Kier alpha value is -1.62. The molecule has 0 saturated heterocycles. The number of aliphatic carboxylic acids is 1. The van der Waals surface area contributed by atoms with Gasteiger partial charge < -0.3 is 9.84 Å². The lowest BCUT2D eigenvalue weighted by Crippen LogP contribution is -2.09. The summed E-state index contributed by atoms with van der Waals surface area (Å²) in [6.45, 7) is 1.61. The molecule has 4 nitrogen and oxygen atoms in total. The number of aromatic nitrogens is 1. The first-order chi connectivity index (χ1) is 7.15. The van der Waals surface area contributed by atoms with E-state index in [2.05, 4.69) is 4.98 Å². The van der Waals surface area contributed by atoms with Crippen molar-refractivity contribution in [2.45, 2.75) is 6.92 Å². The van der Waals surface area contributed by atoms with Gasteiger partial charge in [0.15, 0.2) is 6.61 Å². The molecule has 0 aliphatic carbocycles. The van der Waals surface area contributed by atoms with Crippen LogP contribution in [-0.2, 0) is 4.79 Å². The van der Waals surface area contributed by atoms with Gasteiger partial charge in [0, 0.05) is 6.07 Å². The third-order valence-electron chi connectivity index (χ3n) is 1.83. The van der Waals surface area contributed by atoms with Crippen LogP contribution in [0.2, 0.25) is 0 Å². The number of hydrogen-bond donors (Lipinski definition) is 1. The molecule has 1 N–H and O–H groups in total. The first-order valence-corrected chi connectivity index (χ1v) is 5.18. The quantitative estimate of drug-likeness (QED) is 0.865. The summed E-state index contributed by atoms with van der Waals surface area (Å²) >= 11 is 1.60. The number of hydrogen-bond acceptors (Lipinski definition) is 4. The molecule has 1 aromatic carbocycles. The van der Waals surface area contributed by atoms with Gasteiger partial charge in [-0.2, -0.15) is 0 Å². The number of carboxylic acid groups (broad SMARTS) is 1. The van der Waals surface area contributed by atoms with Crippen LogP contribution < -0.4 is 4.74 Å². The highest BCUT2D eigenvalue weighted by molar-refractivity contribution is 7.18. The molecule has 2 aromatic rings. The molecule has 0 aliphatic rings. The molecule has 78 valence electrons. The number of nitrogens with zero attached hydrogens (tertiary/aromatic N) is 1. The predicted octanol–water partition coefficient (Wildman–Crippen LogP) is 2.07. The van der Waals surface area contributed by atoms with Gasteiger partial charge in [0.1, 0.15) is 5.75 Å². The van der Waals surface area contributed by atoms with Crippen LogP contribution >= 0.6 is 11.3 Å². The fraction of sp³-hybridized carbons (Fsp3) is 0.200. The summed E-state index contributed by atoms with van der Waals surface area (Å²) in [5.41, 5.74) is 0.848. The molecule has 1 heterocycles. The molecular weight excluding hydrogens is 214 g/mol. The smallest absolute Gasteiger partial charge is 0.341 e. The largest absolute Gasteiger partial charge is 0.482 e. The van der Waals surface area contributed by atoms with Crippen molar-refractivity contribution < 1.29 is 14.6 Å². The second kappa shape index (κ2) is 3.86. The number of rotatable bonds is 3. The monoisotopic (exact) mass is 223 g/mol. The van der Waals surface area contributed by atoms with E-state index in [0.717, 1.165) is 15.2 Å². The fourth-order valence-electron chi connectivity index (χ4n) is 1.26. The van der Waals surface area contributed by atoms with E-state index in [4.69, 9.17) is 9.84 Å². The molecule has 0 fully saturated rings. The van der Waals surface area contributed by atoms with Gasteiger partial charge in [0.25, 0.3) is 0 Å². The highest BCUT2D eigenvalue weighted by Gasteiger charge is 2.03. The van der Waals surface area contributed by atoms with E-state index >= 15 is 0 Å². The first kappa shape index (κ1) is 9.92. The van der Waals surface area contributed by atoms with Crippen molar-refractivity contribution in [2.75, 3.05) is 6.61 Å². The third-order valence-corrected chi connectivity index (χ3v) is 2.78. The highest BCUT2D eigenvalue weighted by atomic mass is 32.1. The van der Waals surface area contributed by atoms with Crippen LogP contribution in [0, 0.1) is 6.92 Å². The maximum Gasteiger partial charge on any atom is 0.341 e. The van der Waals surface area contributed by atoms with Crippen LogP contribution in [0.3, 0.4) is 0 Å². The zero-order valence-corrected chi connectivity index (χ0v) is 8.87. The van der Waals surface area contributed by atoms with Crippen LogP contribution in [0.5, 0.6) is 5.75 Å². The Kier molecular flexibility index (Phi) is 2.55. The Labute approximate surface area is 90.1 Å². The van der Waals surface area contributed by atoms with Crippen LogP contribution in [0.25, 0.3) is 10.2 Å². The molecule has 0 saturated carbocycles. The highest BCUT2D eigenvalue weighted by Crippen LogP contribution is 2.25. The molecule has 1 aromatic heterocycles. The van der Waals surface area contributed by atoms with E-state index in [1.807, 2.05) is 13.0 Å². The molecule has 0 unspecified atom stereocenters. The fourth-order valence-corrected chi connectivity index (χ4v) is 2.06. The van der Waals surface area contributed by atoms with Crippen molar-refractivity contribution in [1.29, 1.82) is 0 Å². The Morgan fingerprint density at radius 1 is 1.60 bits per heavy atom. The average molecular weight is 223 g/mol. The number of carboxylic acids is 1. The van der Waals surface area contributed by atoms with E-state index in [9.17, 15) is 4.79 Å². The van der Waals surface area contributed by atoms with E-state index in [-0.39, 0.29) is 6.61 Å². The molecule has 15 heavy (non-hydrogen) atoms. The van der Waals surface area contributed by atoms with Crippen LogP contribution in [0.1, 0.15) is 5.01 Å². The normalized spacial score (nSPS) is 10.5. The summed E-state index contributed by atoms with van der Waals surface area (Å²) < 4.78 is 6.13. The van der Waals surface area contributed by atoms with Crippen LogP contribution in [0.4, 0.5) is 0 Å². The van der Waals surface area contributed by atoms with Crippen molar-refractivity contribution >= 4 is 27.5 Å². The number of thiazole rings is 1. The van der Waals surface area contributed by atoms with Crippen molar-refractivity contribution in [3.8, 4) is 5.75 Å². The Balaban J connectivity index is 2.26. The molecule has 0 atom stereocenters. The molecule has 0 bridgehead atoms. The Morgan fingerprint density at radius 3 is 3.13 bits per heavy atom. The number of benzene rings is 1. The first-order valence-electron chi connectivity index (χ1n) is 4.37. The molecular formula is C10H9NO3S. The maximum atomic E-state index is 10.3. The van der Waals surface area contributed by atoms with E-state index < -0.39 is 5.97 Å². The van der Waals surface area contributed by atoms with E-state index in [1.165, 1.54) is 0 Å². The van der Waals surface area contributed by atoms with Gasteiger partial charge in [-0.15, -0.1) is 11.3 Å². The molecule has 0 spiro atoms. The molecule has 0 aliphatic heterocycles. The number of fused-ring (bicyclic) bond motifs is 1. The molecule has 0 amide bonds. The lowest BCUT2D eigenvalue weighted by molar-refractivity contribution is -0.139. The maximum absolute atomic E-state index is 10.3. The zero-order chi connectivity index (χ0) is 10.8. The Morgan fingerprint density at radius 2 is 2.40 bits per heavy atom. The summed E-state index contributed by atoms with van der Waals surface area (Å²) in [5, 5.41) is 9.44. The predicted molar refractivity (Wildman–Crippen MR) is 57.5 cm³/mol. The van der Waals surface area contributed by atoms with Gasteiger partial charge in [-0.05, 0) is 19.1 Å². The SMILES string of the molecule is Cc1nc2cc(OCC(=O)O)ccc2s1. The van der Waals surface area contributed by atoms with Gasteiger partial charge >= 0.3 is 5.97 Å². The van der Waals surface area contributed by atoms with Crippen molar-refractivity contribution in [3.63, 3.8) is 0 Å². The summed E-state index contributed by atoms with van der Waals surface area (Å²) in [4.78, 5) is 14.6. The summed E-state index contributed by atoms with van der Waals surface area (Å²) in [5.74, 6) is -0.445. The van der Waals surface area contributed by atoms with Gasteiger partial charge in [-0.1, -0.05) is 0 Å². The van der Waals surface area contributed by atoms with Gasteiger partial charge in [-0.3, -0.25) is 0 Å². The van der Waals surface area contributed by atoms with Crippen molar-refractivity contribution in [3.05, 3.63) is 23.2 Å². The minimum atomic E-state index is -0.982. The molecule has 0 radical (unpaired) electrons. The van der Waals surface area contributed by atoms with E-state index in [0.29, 0.717) is 5.75 Å².